The molecule has 0 aliphatic carbocycles. The quantitative estimate of drug-likeness (QED) is 0.864. The molecular formula is C20H20O5. The number of ether oxygens (including phenoxy) is 3. The number of aromatic hydroxyl groups is 1. The summed E-state index contributed by atoms with van der Waals surface area (Å²) < 4.78 is 16.1. The number of phenolic OH excluding ortho intramolecular Hbond substituents is 1. The summed E-state index contributed by atoms with van der Waals surface area (Å²) in [5.74, 6) is 1.08. The summed E-state index contributed by atoms with van der Waals surface area (Å²) in [6.45, 7) is 4.08. The van der Waals surface area contributed by atoms with E-state index in [1.807, 2.05) is 26.0 Å². The third-order valence-corrected chi connectivity index (χ3v) is 4.17. The largest absolute Gasteiger partial charge is 0.502 e. The van der Waals surface area contributed by atoms with Gasteiger partial charge in [-0.05, 0) is 54.8 Å². The van der Waals surface area contributed by atoms with Gasteiger partial charge in [-0.2, -0.15) is 0 Å². The minimum Gasteiger partial charge on any atom is -0.502 e. The lowest BCUT2D eigenvalue weighted by Gasteiger charge is -2.21. The van der Waals surface area contributed by atoms with Crippen LogP contribution < -0.4 is 14.2 Å². The Morgan fingerprint density at radius 3 is 2.32 bits per heavy atom. The Morgan fingerprint density at radius 2 is 1.72 bits per heavy atom. The van der Waals surface area contributed by atoms with Crippen molar-refractivity contribution in [2.24, 2.45) is 0 Å². The van der Waals surface area contributed by atoms with Crippen LogP contribution in [0.5, 0.6) is 23.0 Å². The summed E-state index contributed by atoms with van der Waals surface area (Å²) >= 11 is 0. The highest BCUT2D eigenvalue weighted by Gasteiger charge is 2.25. The third kappa shape index (κ3) is 3.05. The molecule has 1 aliphatic heterocycles. The van der Waals surface area contributed by atoms with Crippen LogP contribution in [0.2, 0.25) is 0 Å². The normalized spacial score (nSPS) is 14.9. The monoisotopic (exact) mass is 340 g/mol. The van der Waals surface area contributed by atoms with E-state index in [1.165, 1.54) is 14.2 Å². The molecule has 0 radical (unpaired) electrons. The first kappa shape index (κ1) is 16.9. The Bertz CT molecular complexity index is 855. The standard InChI is InChI=1S/C20H20O5/c1-11-5-12(2)20-15(6-11)18(21)14(10-25-20)7-13-8-16(23-3)19(22)17(9-13)24-4/h5-9,22H,10H2,1-4H3/b14-7+. The van der Waals surface area contributed by atoms with Gasteiger partial charge in [-0.1, -0.05) is 6.07 Å². The van der Waals surface area contributed by atoms with Gasteiger partial charge >= 0.3 is 0 Å². The maximum absolute atomic E-state index is 12.8. The maximum atomic E-state index is 12.8. The van der Waals surface area contributed by atoms with Gasteiger partial charge in [0.1, 0.15) is 12.4 Å². The van der Waals surface area contributed by atoms with Crippen LogP contribution in [0, 0.1) is 13.8 Å². The lowest BCUT2D eigenvalue weighted by Crippen LogP contribution is -2.20. The number of Topliss-reactive ketones (excluding diaryl/α,β-unsaturated/α-hetero) is 1. The Morgan fingerprint density at radius 1 is 1.08 bits per heavy atom. The Hall–Kier alpha value is -2.95. The number of phenols is 1. The fraction of sp³-hybridized carbons (Fsp3) is 0.250. The number of hydrogen-bond donors (Lipinski definition) is 1. The van der Waals surface area contributed by atoms with Gasteiger partial charge in [-0.25, -0.2) is 0 Å². The second-order valence-electron chi connectivity index (χ2n) is 6.02. The molecule has 3 rings (SSSR count). The van der Waals surface area contributed by atoms with Crippen LogP contribution in [0.15, 0.2) is 29.8 Å². The molecule has 0 amide bonds. The van der Waals surface area contributed by atoms with Crippen molar-refractivity contribution in [3.8, 4) is 23.0 Å². The fourth-order valence-corrected chi connectivity index (χ4v) is 3.01. The van der Waals surface area contributed by atoms with Crippen molar-refractivity contribution in [2.75, 3.05) is 20.8 Å². The van der Waals surface area contributed by atoms with E-state index in [4.69, 9.17) is 14.2 Å². The van der Waals surface area contributed by atoms with Gasteiger partial charge in [0.2, 0.25) is 5.75 Å². The van der Waals surface area contributed by atoms with Gasteiger partial charge < -0.3 is 19.3 Å². The molecule has 5 heteroatoms. The van der Waals surface area contributed by atoms with Crippen molar-refractivity contribution in [1.29, 1.82) is 0 Å². The molecule has 1 aliphatic rings. The zero-order valence-corrected chi connectivity index (χ0v) is 14.7. The number of hydrogen-bond acceptors (Lipinski definition) is 5. The highest BCUT2D eigenvalue weighted by atomic mass is 16.5. The molecule has 0 aromatic heterocycles. The average Bonchev–Trinajstić information content (AvgIpc) is 2.59. The number of benzene rings is 2. The van der Waals surface area contributed by atoms with E-state index in [2.05, 4.69) is 0 Å². The van der Waals surface area contributed by atoms with Crippen molar-refractivity contribution in [2.45, 2.75) is 13.8 Å². The van der Waals surface area contributed by atoms with E-state index in [1.54, 1.807) is 18.2 Å². The number of methoxy groups -OCH3 is 2. The molecule has 2 aromatic rings. The van der Waals surface area contributed by atoms with Crippen molar-refractivity contribution in [1.82, 2.24) is 0 Å². The number of fused-ring (bicyclic) bond motifs is 1. The molecule has 0 unspecified atom stereocenters. The molecule has 130 valence electrons. The highest BCUT2D eigenvalue weighted by Crippen LogP contribution is 2.38. The van der Waals surface area contributed by atoms with E-state index in [0.29, 0.717) is 22.4 Å². The van der Waals surface area contributed by atoms with E-state index < -0.39 is 0 Å². The number of carbonyl (C=O) groups is 1. The van der Waals surface area contributed by atoms with Gasteiger partial charge in [0.15, 0.2) is 17.3 Å². The van der Waals surface area contributed by atoms with Gasteiger partial charge in [0.25, 0.3) is 0 Å². The maximum Gasteiger partial charge on any atom is 0.200 e. The first-order valence-electron chi connectivity index (χ1n) is 7.89. The second kappa shape index (κ2) is 6.51. The van der Waals surface area contributed by atoms with Crippen LogP contribution >= 0.6 is 0 Å². The molecule has 0 fully saturated rings. The van der Waals surface area contributed by atoms with Crippen LogP contribution in [-0.2, 0) is 0 Å². The number of rotatable bonds is 3. The van der Waals surface area contributed by atoms with Gasteiger partial charge in [0.05, 0.1) is 19.8 Å². The molecule has 1 heterocycles. The van der Waals surface area contributed by atoms with Crippen LogP contribution in [0.1, 0.15) is 27.0 Å². The first-order chi connectivity index (χ1) is 11.9. The number of ketones is 1. The van der Waals surface area contributed by atoms with Crippen molar-refractivity contribution >= 4 is 11.9 Å². The van der Waals surface area contributed by atoms with E-state index in [-0.39, 0.29) is 29.6 Å². The molecule has 5 nitrogen and oxygen atoms in total. The highest BCUT2D eigenvalue weighted by molar-refractivity contribution is 6.14. The average molecular weight is 340 g/mol. The summed E-state index contributed by atoms with van der Waals surface area (Å²) in [5, 5.41) is 10.0. The van der Waals surface area contributed by atoms with E-state index >= 15 is 0 Å². The van der Waals surface area contributed by atoms with Crippen molar-refractivity contribution in [3.63, 3.8) is 0 Å². The predicted molar refractivity (Wildman–Crippen MR) is 94.9 cm³/mol. The SMILES string of the molecule is COc1cc(/C=C2\COc3c(C)cc(C)cc3C2=O)cc(OC)c1O. The second-order valence-corrected chi connectivity index (χ2v) is 6.02. The smallest absolute Gasteiger partial charge is 0.200 e. The van der Waals surface area contributed by atoms with Gasteiger partial charge in [-0.15, -0.1) is 0 Å². The molecule has 0 saturated heterocycles. The van der Waals surface area contributed by atoms with E-state index in [9.17, 15) is 9.90 Å². The van der Waals surface area contributed by atoms with Gasteiger partial charge in [-0.3, -0.25) is 4.79 Å². The molecule has 2 aromatic carbocycles. The molecule has 0 bridgehead atoms. The lowest BCUT2D eigenvalue weighted by atomic mass is 9.94. The van der Waals surface area contributed by atoms with Crippen LogP contribution in [0.25, 0.3) is 6.08 Å². The topological polar surface area (TPSA) is 65.0 Å². The minimum absolute atomic E-state index is 0.0564. The molecule has 1 N–H and O–H groups in total. The lowest BCUT2D eigenvalue weighted by molar-refractivity contribution is 0.1000. The molecule has 0 spiro atoms. The number of carbonyl (C=O) groups excluding carboxylic acids is 1. The Balaban J connectivity index is 2.04. The minimum atomic E-state index is -0.0741. The summed E-state index contributed by atoms with van der Waals surface area (Å²) in [6.07, 6.45) is 1.73. The molecule has 25 heavy (non-hydrogen) atoms. The molecular weight excluding hydrogens is 320 g/mol. The Labute approximate surface area is 146 Å². The summed E-state index contributed by atoms with van der Waals surface area (Å²) in [5.41, 5.74) is 3.77. The zero-order valence-electron chi connectivity index (χ0n) is 14.7. The summed E-state index contributed by atoms with van der Waals surface area (Å²) in [6, 6.07) is 7.14. The predicted octanol–water partition coefficient (Wildman–Crippen LogP) is 3.68. The summed E-state index contributed by atoms with van der Waals surface area (Å²) in [4.78, 5) is 12.8. The van der Waals surface area contributed by atoms with Crippen LogP contribution in [0.4, 0.5) is 0 Å². The number of aryl methyl sites for hydroxylation is 2. The Kier molecular flexibility index (Phi) is 4.40. The zero-order chi connectivity index (χ0) is 18.1. The summed E-state index contributed by atoms with van der Waals surface area (Å²) in [7, 11) is 2.92. The van der Waals surface area contributed by atoms with Crippen LogP contribution in [-0.4, -0.2) is 31.7 Å². The van der Waals surface area contributed by atoms with Crippen molar-refractivity contribution < 1.29 is 24.1 Å². The van der Waals surface area contributed by atoms with Crippen LogP contribution in [0.3, 0.4) is 0 Å². The van der Waals surface area contributed by atoms with E-state index in [0.717, 1.165) is 11.1 Å². The third-order valence-electron chi connectivity index (χ3n) is 4.17. The molecule has 0 atom stereocenters. The fourth-order valence-electron chi connectivity index (χ4n) is 3.01. The van der Waals surface area contributed by atoms with Crippen molar-refractivity contribution in [3.05, 3.63) is 52.1 Å². The molecule has 0 saturated carbocycles. The van der Waals surface area contributed by atoms with Gasteiger partial charge in [0, 0.05) is 5.57 Å². The first-order valence-corrected chi connectivity index (χ1v) is 7.89.